The molecule has 4 unspecified atom stereocenters. The number of carbonyl (C=O) groups excluding carboxylic acids is 1. The van der Waals surface area contributed by atoms with Crippen LogP contribution in [0.15, 0.2) is 0 Å². The highest BCUT2D eigenvalue weighted by molar-refractivity contribution is 5.68. The number of aliphatic hydroxyl groups is 1. The number of hydrogen-bond donors (Lipinski definition) is 1. The molecule has 3 aliphatic rings. The second-order valence-corrected chi connectivity index (χ2v) is 8.76. The molecule has 3 saturated heterocycles. The molecule has 0 bridgehead atoms. The summed E-state index contributed by atoms with van der Waals surface area (Å²) in [5.74, 6) is -0.724. The largest absolute Gasteiger partial charge is 0.444 e. The van der Waals surface area contributed by atoms with E-state index in [9.17, 15) is 9.90 Å². The number of hydrogen-bond acceptors (Lipinski definition) is 7. The first-order valence-corrected chi connectivity index (χ1v) is 9.43. The molecule has 3 rings (SSSR count). The fraction of sp³-hybridized carbons (Fsp3) is 0.944. The Bertz CT molecular complexity index is 520. The summed E-state index contributed by atoms with van der Waals surface area (Å²) in [7, 11) is 0. The van der Waals surface area contributed by atoms with Crippen LogP contribution in [0.5, 0.6) is 0 Å². The summed E-state index contributed by atoms with van der Waals surface area (Å²) < 4.78 is 22.8. The predicted molar refractivity (Wildman–Crippen MR) is 93.6 cm³/mol. The van der Waals surface area contributed by atoms with Crippen LogP contribution in [0.25, 0.3) is 0 Å². The van der Waals surface area contributed by atoms with Gasteiger partial charge in [-0.05, 0) is 41.0 Å². The van der Waals surface area contributed by atoms with Crippen molar-refractivity contribution in [3.63, 3.8) is 0 Å². The zero-order chi connectivity index (χ0) is 19.1. The van der Waals surface area contributed by atoms with Gasteiger partial charge in [0.1, 0.15) is 23.9 Å². The van der Waals surface area contributed by atoms with Crippen molar-refractivity contribution in [2.75, 3.05) is 32.7 Å². The van der Waals surface area contributed by atoms with Gasteiger partial charge in [-0.3, -0.25) is 4.90 Å². The van der Waals surface area contributed by atoms with Crippen molar-refractivity contribution in [3.05, 3.63) is 0 Å². The van der Waals surface area contributed by atoms with Gasteiger partial charge in [-0.25, -0.2) is 4.79 Å². The summed E-state index contributed by atoms with van der Waals surface area (Å²) in [6.07, 6.45) is -1.44. The van der Waals surface area contributed by atoms with Crippen LogP contribution in [-0.2, 0) is 18.9 Å². The molecule has 8 heteroatoms. The Morgan fingerprint density at radius 1 is 1.19 bits per heavy atom. The normalized spacial score (nSPS) is 35.2. The number of fused-ring (bicyclic) bond motifs is 1. The minimum absolute atomic E-state index is 0.268. The Morgan fingerprint density at radius 3 is 2.58 bits per heavy atom. The summed E-state index contributed by atoms with van der Waals surface area (Å²) in [6.45, 7) is 12.7. The van der Waals surface area contributed by atoms with Gasteiger partial charge < -0.3 is 29.0 Å². The van der Waals surface area contributed by atoms with E-state index in [1.807, 2.05) is 34.6 Å². The fourth-order valence-corrected chi connectivity index (χ4v) is 3.63. The van der Waals surface area contributed by atoms with E-state index in [0.717, 1.165) is 13.0 Å². The van der Waals surface area contributed by atoms with Crippen LogP contribution in [0.1, 0.15) is 41.0 Å². The molecule has 0 aliphatic carbocycles. The topological polar surface area (TPSA) is 80.7 Å². The summed E-state index contributed by atoms with van der Waals surface area (Å²) in [4.78, 5) is 16.2. The van der Waals surface area contributed by atoms with Gasteiger partial charge in [0.05, 0.1) is 0 Å². The molecule has 0 saturated carbocycles. The van der Waals surface area contributed by atoms with Crippen LogP contribution >= 0.6 is 0 Å². The third kappa shape index (κ3) is 4.67. The van der Waals surface area contributed by atoms with E-state index in [4.69, 9.17) is 18.9 Å². The van der Waals surface area contributed by atoms with E-state index >= 15 is 0 Å². The lowest BCUT2D eigenvalue weighted by Gasteiger charge is -2.28. The molecule has 150 valence electrons. The van der Waals surface area contributed by atoms with Gasteiger partial charge in [-0.1, -0.05) is 0 Å². The molecule has 1 amide bonds. The maximum absolute atomic E-state index is 12.3. The number of rotatable bonds is 2. The van der Waals surface area contributed by atoms with Crippen molar-refractivity contribution in [3.8, 4) is 0 Å². The Morgan fingerprint density at radius 2 is 1.92 bits per heavy atom. The third-order valence-corrected chi connectivity index (χ3v) is 4.79. The average molecular weight is 372 g/mol. The highest BCUT2D eigenvalue weighted by Crippen LogP contribution is 2.37. The van der Waals surface area contributed by atoms with E-state index in [0.29, 0.717) is 26.2 Å². The van der Waals surface area contributed by atoms with Crippen molar-refractivity contribution >= 4 is 6.09 Å². The van der Waals surface area contributed by atoms with Crippen molar-refractivity contribution in [1.29, 1.82) is 0 Å². The van der Waals surface area contributed by atoms with Crippen molar-refractivity contribution < 1.29 is 28.8 Å². The zero-order valence-electron chi connectivity index (χ0n) is 16.4. The van der Waals surface area contributed by atoms with E-state index < -0.39 is 29.9 Å². The lowest BCUT2D eigenvalue weighted by Crippen LogP contribution is -2.43. The molecule has 0 aromatic heterocycles. The Balaban J connectivity index is 1.49. The van der Waals surface area contributed by atoms with Crippen molar-refractivity contribution in [2.45, 2.75) is 77.0 Å². The summed E-state index contributed by atoms with van der Waals surface area (Å²) in [6, 6.07) is 0. The average Bonchev–Trinajstić information content (AvgIpc) is 2.82. The van der Waals surface area contributed by atoms with Gasteiger partial charge >= 0.3 is 6.09 Å². The molecule has 0 aromatic rings. The van der Waals surface area contributed by atoms with E-state index in [1.165, 1.54) is 0 Å². The van der Waals surface area contributed by atoms with Crippen molar-refractivity contribution in [2.24, 2.45) is 0 Å². The van der Waals surface area contributed by atoms with Gasteiger partial charge in [-0.15, -0.1) is 0 Å². The number of aliphatic hydroxyl groups excluding tert-OH is 1. The summed E-state index contributed by atoms with van der Waals surface area (Å²) in [5, 5.41) is 10.5. The predicted octanol–water partition coefficient (Wildman–Crippen LogP) is 1.17. The third-order valence-electron chi connectivity index (χ3n) is 4.79. The lowest BCUT2D eigenvalue weighted by molar-refractivity contribution is -0.216. The molecule has 1 N–H and O–H groups in total. The van der Waals surface area contributed by atoms with Crippen LogP contribution in [0.3, 0.4) is 0 Å². The SMILES string of the molecule is CC(C)(C)OC(=O)N1CCCN(CC2OC3OC(C)(C)OC3C2O)CC1. The van der Waals surface area contributed by atoms with E-state index in [2.05, 4.69) is 4.90 Å². The minimum atomic E-state index is -0.724. The van der Waals surface area contributed by atoms with Gasteiger partial charge in [0.15, 0.2) is 12.1 Å². The Labute approximate surface area is 155 Å². The molecule has 0 aromatic carbocycles. The van der Waals surface area contributed by atoms with Crippen LogP contribution in [0.2, 0.25) is 0 Å². The Hall–Kier alpha value is -0.930. The monoisotopic (exact) mass is 372 g/mol. The first kappa shape index (κ1) is 19.8. The summed E-state index contributed by atoms with van der Waals surface area (Å²) >= 11 is 0. The molecule has 3 fully saturated rings. The molecule has 26 heavy (non-hydrogen) atoms. The first-order valence-electron chi connectivity index (χ1n) is 9.43. The molecule has 3 aliphatic heterocycles. The molecule has 0 radical (unpaired) electrons. The van der Waals surface area contributed by atoms with Crippen LogP contribution in [-0.4, -0.2) is 89.7 Å². The van der Waals surface area contributed by atoms with Crippen molar-refractivity contribution in [1.82, 2.24) is 9.80 Å². The molecule has 8 nitrogen and oxygen atoms in total. The second-order valence-electron chi connectivity index (χ2n) is 8.76. The first-order chi connectivity index (χ1) is 12.0. The van der Waals surface area contributed by atoms with Gasteiger partial charge in [0, 0.05) is 32.7 Å². The van der Waals surface area contributed by atoms with Crippen LogP contribution in [0, 0.1) is 0 Å². The van der Waals surface area contributed by atoms with Crippen LogP contribution < -0.4 is 0 Å². The molecule has 3 heterocycles. The molecule has 4 atom stereocenters. The second kappa shape index (κ2) is 7.24. The zero-order valence-corrected chi connectivity index (χ0v) is 16.4. The van der Waals surface area contributed by atoms with E-state index in [1.54, 1.807) is 4.90 Å². The quantitative estimate of drug-likeness (QED) is 0.779. The smallest absolute Gasteiger partial charge is 0.410 e. The highest BCUT2D eigenvalue weighted by atomic mass is 16.8. The van der Waals surface area contributed by atoms with Gasteiger partial charge in [0.25, 0.3) is 0 Å². The summed E-state index contributed by atoms with van der Waals surface area (Å²) in [5.41, 5.74) is -0.490. The van der Waals surface area contributed by atoms with E-state index in [-0.39, 0.29) is 12.2 Å². The maximum Gasteiger partial charge on any atom is 0.410 e. The number of nitrogens with zero attached hydrogens (tertiary/aromatic N) is 2. The van der Waals surface area contributed by atoms with Gasteiger partial charge in [0.2, 0.25) is 0 Å². The number of ether oxygens (including phenoxy) is 4. The van der Waals surface area contributed by atoms with Crippen LogP contribution in [0.4, 0.5) is 4.79 Å². The standard InChI is InChI=1S/C18H32N2O6/c1-17(2,3)26-16(22)20-8-6-7-19(9-10-20)11-12-13(21)14-15(23-12)25-18(4,5)24-14/h12-15,21H,6-11H2,1-5H3. The number of amides is 1. The fourth-order valence-electron chi connectivity index (χ4n) is 3.63. The molecular weight excluding hydrogens is 340 g/mol. The minimum Gasteiger partial charge on any atom is -0.444 e. The van der Waals surface area contributed by atoms with Gasteiger partial charge in [-0.2, -0.15) is 0 Å². The molecular formula is C18H32N2O6. The molecule has 0 spiro atoms. The Kier molecular flexibility index (Phi) is 5.52. The highest BCUT2D eigenvalue weighted by Gasteiger charge is 2.54. The maximum atomic E-state index is 12.3. The lowest BCUT2D eigenvalue weighted by atomic mass is 10.1. The number of carbonyl (C=O) groups is 1.